The summed E-state index contributed by atoms with van der Waals surface area (Å²) in [6, 6.07) is 2.09. The van der Waals surface area contributed by atoms with E-state index in [9.17, 15) is 0 Å². The van der Waals surface area contributed by atoms with Crippen LogP contribution >= 0.6 is 0 Å². The maximum atomic E-state index is 5.47. The van der Waals surface area contributed by atoms with Crippen molar-refractivity contribution in [2.75, 3.05) is 46.9 Å². The molecule has 118 valence electrons. The Hall–Kier alpha value is -0.160. The number of nitrogens with one attached hydrogen (secondary N) is 1. The van der Waals surface area contributed by atoms with Crippen LogP contribution in [0.1, 0.15) is 33.1 Å². The van der Waals surface area contributed by atoms with Crippen LogP contribution in [-0.2, 0) is 4.74 Å². The lowest BCUT2D eigenvalue weighted by Gasteiger charge is -2.33. The van der Waals surface area contributed by atoms with Gasteiger partial charge in [-0.2, -0.15) is 0 Å². The molecule has 2 bridgehead atoms. The monoisotopic (exact) mass is 283 g/mol. The molecule has 2 aliphatic heterocycles. The highest BCUT2D eigenvalue weighted by atomic mass is 16.5. The van der Waals surface area contributed by atoms with Crippen LogP contribution in [0, 0.1) is 5.92 Å². The van der Waals surface area contributed by atoms with Gasteiger partial charge >= 0.3 is 0 Å². The molecular formula is C16H33N3O. The highest BCUT2D eigenvalue weighted by Crippen LogP contribution is 2.29. The predicted octanol–water partition coefficient (Wildman–Crippen LogP) is 1.42. The van der Waals surface area contributed by atoms with E-state index >= 15 is 0 Å². The minimum absolute atomic E-state index is 0.520. The number of hydrogen-bond acceptors (Lipinski definition) is 4. The van der Waals surface area contributed by atoms with Crippen molar-refractivity contribution < 1.29 is 4.74 Å². The largest absolute Gasteiger partial charge is 0.383 e. The molecule has 1 N–H and O–H groups in total. The van der Waals surface area contributed by atoms with Gasteiger partial charge in [-0.15, -0.1) is 0 Å². The molecule has 0 aromatic heterocycles. The number of ether oxygens (including phenoxy) is 1. The molecule has 2 fully saturated rings. The Balaban J connectivity index is 1.88. The van der Waals surface area contributed by atoms with Crippen LogP contribution in [0.5, 0.6) is 0 Å². The summed E-state index contributed by atoms with van der Waals surface area (Å²) in [7, 11) is 4.14. The van der Waals surface area contributed by atoms with Crippen LogP contribution in [0.4, 0.5) is 0 Å². The maximum Gasteiger partial charge on any atom is 0.0630 e. The normalized spacial score (nSPS) is 29.9. The zero-order valence-corrected chi connectivity index (χ0v) is 13.8. The van der Waals surface area contributed by atoms with Crippen LogP contribution in [0.2, 0.25) is 0 Å². The van der Waals surface area contributed by atoms with E-state index in [2.05, 4.69) is 36.0 Å². The van der Waals surface area contributed by atoms with Gasteiger partial charge in [0, 0.05) is 44.9 Å². The second kappa shape index (κ2) is 7.74. The van der Waals surface area contributed by atoms with Gasteiger partial charge in [0.2, 0.25) is 0 Å². The van der Waals surface area contributed by atoms with E-state index in [0.29, 0.717) is 12.0 Å². The molecule has 2 aliphatic rings. The van der Waals surface area contributed by atoms with Gasteiger partial charge in [-0.1, -0.05) is 13.8 Å². The summed E-state index contributed by atoms with van der Waals surface area (Å²) in [5, 5.41) is 3.61. The van der Waals surface area contributed by atoms with Gasteiger partial charge in [-0.3, -0.25) is 9.80 Å². The summed E-state index contributed by atoms with van der Waals surface area (Å²) in [5.74, 6) is 0.712. The van der Waals surface area contributed by atoms with E-state index < -0.39 is 0 Å². The van der Waals surface area contributed by atoms with E-state index in [1.165, 1.54) is 32.4 Å². The molecule has 4 nitrogen and oxygen atoms in total. The van der Waals surface area contributed by atoms with Gasteiger partial charge in [0.05, 0.1) is 6.61 Å². The molecule has 2 heterocycles. The zero-order chi connectivity index (χ0) is 14.5. The number of nitrogens with zero attached hydrogens (tertiary/aromatic N) is 2. The second-order valence-corrected chi connectivity index (χ2v) is 7.00. The number of hydrogen-bond donors (Lipinski definition) is 1. The average molecular weight is 283 g/mol. The number of likely N-dealkylation sites (N-methyl/N-ethyl adjacent to an activating group) is 1. The minimum atomic E-state index is 0.520. The number of rotatable bonds is 7. The predicted molar refractivity (Wildman–Crippen MR) is 84.1 cm³/mol. The van der Waals surface area contributed by atoms with Crippen LogP contribution in [0.3, 0.4) is 0 Å². The van der Waals surface area contributed by atoms with E-state index in [-0.39, 0.29) is 0 Å². The quantitative estimate of drug-likeness (QED) is 0.765. The molecule has 0 spiro atoms. The lowest BCUT2D eigenvalue weighted by molar-refractivity contribution is 0.0822. The Bertz CT molecular complexity index is 285. The summed E-state index contributed by atoms with van der Waals surface area (Å²) in [5.41, 5.74) is 0. The molecule has 0 saturated carbocycles. The first-order valence-corrected chi connectivity index (χ1v) is 8.27. The minimum Gasteiger partial charge on any atom is -0.383 e. The van der Waals surface area contributed by atoms with Gasteiger partial charge in [0.1, 0.15) is 0 Å². The van der Waals surface area contributed by atoms with Crippen LogP contribution in [0.15, 0.2) is 0 Å². The highest BCUT2D eigenvalue weighted by molar-refractivity contribution is 4.93. The summed E-state index contributed by atoms with van der Waals surface area (Å²) in [6.45, 7) is 9.95. The molecule has 3 unspecified atom stereocenters. The summed E-state index contributed by atoms with van der Waals surface area (Å²) < 4.78 is 5.47. The Labute approximate surface area is 124 Å². The molecule has 0 aromatic rings. The van der Waals surface area contributed by atoms with Gasteiger partial charge in [-0.25, -0.2) is 0 Å². The molecule has 20 heavy (non-hydrogen) atoms. The van der Waals surface area contributed by atoms with Crippen molar-refractivity contribution in [2.24, 2.45) is 5.92 Å². The van der Waals surface area contributed by atoms with Crippen molar-refractivity contribution >= 4 is 0 Å². The Morgan fingerprint density at radius 3 is 2.60 bits per heavy atom. The number of fused-ring (bicyclic) bond motifs is 2. The van der Waals surface area contributed by atoms with Gasteiger partial charge < -0.3 is 10.1 Å². The number of likely N-dealkylation sites (tertiary alicyclic amines) is 1. The van der Waals surface area contributed by atoms with Gasteiger partial charge in [-0.05, 0) is 38.8 Å². The van der Waals surface area contributed by atoms with Crippen molar-refractivity contribution in [1.29, 1.82) is 0 Å². The zero-order valence-electron chi connectivity index (χ0n) is 13.8. The van der Waals surface area contributed by atoms with E-state index in [0.717, 1.165) is 31.8 Å². The van der Waals surface area contributed by atoms with Crippen LogP contribution in [0.25, 0.3) is 0 Å². The third-order valence-corrected chi connectivity index (χ3v) is 4.99. The van der Waals surface area contributed by atoms with Crippen molar-refractivity contribution in [3.63, 3.8) is 0 Å². The molecule has 0 amide bonds. The molecular weight excluding hydrogens is 250 g/mol. The maximum absolute atomic E-state index is 5.47. The van der Waals surface area contributed by atoms with Crippen molar-refractivity contribution in [2.45, 2.75) is 51.2 Å². The molecule has 4 heteroatoms. The first-order valence-electron chi connectivity index (χ1n) is 8.27. The van der Waals surface area contributed by atoms with Crippen LogP contribution in [-0.4, -0.2) is 74.9 Å². The smallest absolute Gasteiger partial charge is 0.0630 e. The SMILES string of the molecule is COCC(CNCC(C)C)N1CCC2CCC(C1)N2C. The topological polar surface area (TPSA) is 27.7 Å². The first-order chi connectivity index (χ1) is 9.61. The average Bonchev–Trinajstić information content (AvgIpc) is 2.62. The molecule has 3 atom stereocenters. The molecule has 2 saturated heterocycles. The lowest BCUT2D eigenvalue weighted by atomic mass is 10.1. The van der Waals surface area contributed by atoms with E-state index in [1.54, 1.807) is 0 Å². The highest BCUT2D eigenvalue weighted by Gasteiger charge is 2.36. The third kappa shape index (κ3) is 4.17. The number of methoxy groups -OCH3 is 1. The van der Waals surface area contributed by atoms with Crippen molar-refractivity contribution in [1.82, 2.24) is 15.1 Å². The van der Waals surface area contributed by atoms with E-state index in [4.69, 9.17) is 4.74 Å². The van der Waals surface area contributed by atoms with Crippen molar-refractivity contribution in [3.05, 3.63) is 0 Å². The lowest BCUT2D eigenvalue weighted by Crippen LogP contribution is -2.49. The molecule has 2 rings (SSSR count). The fourth-order valence-electron chi connectivity index (χ4n) is 3.69. The standard InChI is InChI=1S/C16H33N3O/c1-13(2)9-17-10-16(12-20-4)19-8-7-14-5-6-15(11-19)18(14)3/h13-17H,5-12H2,1-4H3. The summed E-state index contributed by atoms with van der Waals surface area (Å²) in [4.78, 5) is 5.28. The Morgan fingerprint density at radius 1 is 1.15 bits per heavy atom. The fourth-order valence-corrected chi connectivity index (χ4v) is 3.69. The first kappa shape index (κ1) is 16.2. The summed E-state index contributed by atoms with van der Waals surface area (Å²) >= 11 is 0. The second-order valence-electron chi connectivity index (χ2n) is 7.00. The van der Waals surface area contributed by atoms with Gasteiger partial charge in [0.25, 0.3) is 0 Å². The fraction of sp³-hybridized carbons (Fsp3) is 1.00. The van der Waals surface area contributed by atoms with Crippen molar-refractivity contribution in [3.8, 4) is 0 Å². The summed E-state index contributed by atoms with van der Waals surface area (Å²) in [6.07, 6.45) is 4.09. The molecule has 0 radical (unpaired) electrons. The Kier molecular flexibility index (Phi) is 6.27. The Morgan fingerprint density at radius 2 is 1.90 bits per heavy atom. The molecule has 0 aliphatic carbocycles. The van der Waals surface area contributed by atoms with Gasteiger partial charge in [0.15, 0.2) is 0 Å². The van der Waals surface area contributed by atoms with Crippen LogP contribution < -0.4 is 5.32 Å². The molecule has 0 aromatic carbocycles. The van der Waals surface area contributed by atoms with E-state index in [1.807, 2.05) is 7.11 Å². The third-order valence-electron chi connectivity index (χ3n) is 4.99.